The Morgan fingerprint density at radius 1 is 1.53 bits per heavy atom. The Morgan fingerprint density at radius 3 is 2.94 bits per heavy atom. The molecule has 0 bridgehead atoms. The Hall–Kier alpha value is -1.36. The molecule has 0 saturated heterocycles. The van der Waals surface area contributed by atoms with Crippen molar-refractivity contribution in [2.45, 2.75) is 46.3 Å². The molecule has 0 saturated carbocycles. The molecule has 1 atom stereocenters. The van der Waals surface area contributed by atoms with Gasteiger partial charge in [-0.3, -0.25) is 9.48 Å². The number of nitrogens with zero attached hydrogens (tertiary/aromatic N) is 2. The highest BCUT2D eigenvalue weighted by Crippen LogP contribution is 2.00. The number of carbonyl (C=O) groups excluding carboxylic acids is 1. The van der Waals surface area contributed by atoms with Crippen molar-refractivity contribution in [3.8, 4) is 0 Å². The summed E-state index contributed by atoms with van der Waals surface area (Å²) < 4.78 is 1.97. The molecule has 1 amide bonds. The van der Waals surface area contributed by atoms with Crippen LogP contribution in [-0.2, 0) is 17.9 Å². The molecule has 17 heavy (non-hydrogen) atoms. The zero-order chi connectivity index (χ0) is 12.7. The van der Waals surface area contributed by atoms with Crippen LogP contribution in [0.3, 0.4) is 0 Å². The van der Waals surface area contributed by atoms with Crippen molar-refractivity contribution in [2.75, 3.05) is 6.54 Å². The van der Waals surface area contributed by atoms with Gasteiger partial charge in [-0.15, -0.1) is 0 Å². The minimum atomic E-state index is -0.181. The van der Waals surface area contributed by atoms with Gasteiger partial charge in [0.1, 0.15) is 0 Å². The molecule has 1 aromatic rings. The number of hydrogen-bond acceptors (Lipinski definition) is 3. The second-order valence-electron chi connectivity index (χ2n) is 4.04. The Bertz CT molecular complexity index is 348. The fraction of sp³-hybridized carbons (Fsp3) is 0.667. The first-order valence-corrected chi connectivity index (χ1v) is 6.20. The van der Waals surface area contributed by atoms with Crippen LogP contribution in [0.15, 0.2) is 12.3 Å². The molecule has 0 aliphatic heterocycles. The summed E-state index contributed by atoms with van der Waals surface area (Å²) in [6, 6.07) is 1.80. The molecule has 0 fully saturated rings. The summed E-state index contributed by atoms with van der Waals surface area (Å²) in [6.07, 6.45) is 2.85. The number of likely N-dealkylation sites (N-methyl/N-ethyl adjacent to an activating group) is 1. The second kappa shape index (κ2) is 7.06. The summed E-state index contributed by atoms with van der Waals surface area (Å²) in [7, 11) is 0. The highest BCUT2D eigenvalue weighted by molar-refractivity contribution is 5.81. The zero-order valence-corrected chi connectivity index (χ0v) is 10.9. The van der Waals surface area contributed by atoms with E-state index in [4.69, 9.17) is 0 Å². The van der Waals surface area contributed by atoms with Gasteiger partial charge in [0.15, 0.2) is 0 Å². The first-order valence-electron chi connectivity index (χ1n) is 6.20. The lowest BCUT2D eigenvalue weighted by Gasteiger charge is -2.13. The van der Waals surface area contributed by atoms with Gasteiger partial charge in [-0.1, -0.05) is 6.92 Å². The summed E-state index contributed by atoms with van der Waals surface area (Å²) in [4.78, 5) is 11.5. The van der Waals surface area contributed by atoms with E-state index in [1.165, 1.54) is 0 Å². The van der Waals surface area contributed by atoms with Crippen LogP contribution >= 0.6 is 0 Å². The van der Waals surface area contributed by atoms with Gasteiger partial charge in [0.05, 0.1) is 11.7 Å². The van der Waals surface area contributed by atoms with Gasteiger partial charge in [0.25, 0.3) is 0 Å². The van der Waals surface area contributed by atoms with Crippen LogP contribution in [0.2, 0.25) is 0 Å². The van der Waals surface area contributed by atoms with E-state index in [2.05, 4.69) is 22.7 Å². The molecule has 2 N–H and O–H groups in total. The largest absolute Gasteiger partial charge is 0.355 e. The Morgan fingerprint density at radius 2 is 2.29 bits per heavy atom. The van der Waals surface area contributed by atoms with E-state index >= 15 is 0 Å². The number of nitrogens with one attached hydrogen (secondary N) is 2. The van der Waals surface area contributed by atoms with Crippen LogP contribution in [0.1, 0.15) is 32.9 Å². The van der Waals surface area contributed by atoms with Crippen LogP contribution in [0.4, 0.5) is 0 Å². The molecule has 5 nitrogen and oxygen atoms in total. The summed E-state index contributed by atoms with van der Waals surface area (Å²) in [5.41, 5.74) is 1.11. The van der Waals surface area contributed by atoms with E-state index in [1.54, 1.807) is 6.20 Å². The molecule has 96 valence electrons. The minimum absolute atomic E-state index is 0.0362. The molecular weight excluding hydrogens is 216 g/mol. The molecule has 0 aliphatic rings. The van der Waals surface area contributed by atoms with Gasteiger partial charge in [0, 0.05) is 25.8 Å². The van der Waals surface area contributed by atoms with Gasteiger partial charge in [-0.25, -0.2) is 0 Å². The third kappa shape index (κ3) is 4.19. The minimum Gasteiger partial charge on any atom is -0.355 e. The Kier molecular flexibility index (Phi) is 5.69. The SMILES string of the molecule is CCCn1nccc1CNC(C)C(=O)NCC. The smallest absolute Gasteiger partial charge is 0.236 e. The maximum Gasteiger partial charge on any atom is 0.236 e. The van der Waals surface area contributed by atoms with Crippen LogP contribution in [-0.4, -0.2) is 28.3 Å². The molecule has 0 spiro atoms. The third-order valence-corrected chi connectivity index (χ3v) is 2.57. The fourth-order valence-electron chi connectivity index (χ4n) is 1.60. The molecule has 0 aliphatic carbocycles. The highest BCUT2D eigenvalue weighted by Gasteiger charge is 2.11. The van der Waals surface area contributed by atoms with Gasteiger partial charge in [0.2, 0.25) is 5.91 Å². The van der Waals surface area contributed by atoms with Crippen LogP contribution in [0.5, 0.6) is 0 Å². The van der Waals surface area contributed by atoms with Crippen LogP contribution in [0, 0.1) is 0 Å². The van der Waals surface area contributed by atoms with E-state index in [0.717, 1.165) is 18.7 Å². The molecule has 1 heterocycles. The zero-order valence-electron chi connectivity index (χ0n) is 10.9. The van der Waals surface area contributed by atoms with Gasteiger partial charge < -0.3 is 10.6 Å². The molecule has 1 rings (SSSR count). The quantitative estimate of drug-likeness (QED) is 0.742. The van der Waals surface area contributed by atoms with Crippen molar-refractivity contribution in [3.05, 3.63) is 18.0 Å². The molecule has 0 radical (unpaired) electrons. The molecule has 5 heteroatoms. The lowest BCUT2D eigenvalue weighted by atomic mass is 10.3. The summed E-state index contributed by atoms with van der Waals surface area (Å²) in [5, 5.41) is 10.2. The Labute approximate surface area is 103 Å². The highest BCUT2D eigenvalue weighted by atomic mass is 16.2. The fourth-order valence-corrected chi connectivity index (χ4v) is 1.60. The van der Waals surface area contributed by atoms with Crippen LogP contribution < -0.4 is 10.6 Å². The number of amides is 1. The number of carbonyl (C=O) groups is 1. The van der Waals surface area contributed by atoms with E-state index < -0.39 is 0 Å². The van der Waals surface area contributed by atoms with Crippen LogP contribution in [0.25, 0.3) is 0 Å². The van der Waals surface area contributed by atoms with E-state index in [0.29, 0.717) is 13.1 Å². The molecule has 1 unspecified atom stereocenters. The summed E-state index contributed by atoms with van der Waals surface area (Å²) in [5.74, 6) is 0.0362. The summed E-state index contributed by atoms with van der Waals surface area (Å²) >= 11 is 0. The van der Waals surface area contributed by atoms with Crippen molar-refractivity contribution < 1.29 is 4.79 Å². The van der Waals surface area contributed by atoms with E-state index in [1.807, 2.05) is 24.6 Å². The number of aryl methyl sites for hydroxylation is 1. The molecule has 0 aromatic carbocycles. The predicted molar refractivity (Wildman–Crippen MR) is 67.5 cm³/mol. The van der Waals surface area contributed by atoms with Crippen molar-refractivity contribution in [3.63, 3.8) is 0 Å². The maximum absolute atomic E-state index is 11.5. The topological polar surface area (TPSA) is 59.0 Å². The van der Waals surface area contributed by atoms with Crippen molar-refractivity contribution >= 4 is 5.91 Å². The monoisotopic (exact) mass is 238 g/mol. The Balaban J connectivity index is 2.44. The molecule has 1 aromatic heterocycles. The van der Waals surface area contributed by atoms with Crippen molar-refractivity contribution in [2.24, 2.45) is 0 Å². The normalized spacial score (nSPS) is 12.4. The van der Waals surface area contributed by atoms with Gasteiger partial charge in [-0.05, 0) is 26.3 Å². The lowest BCUT2D eigenvalue weighted by Crippen LogP contribution is -2.41. The third-order valence-electron chi connectivity index (χ3n) is 2.57. The number of hydrogen-bond donors (Lipinski definition) is 2. The average Bonchev–Trinajstić information content (AvgIpc) is 2.74. The van der Waals surface area contributed by atoms with Gasteiger partial charge in [-0.2, -0.15) is 5.10 Å². The first-order chi connectivity index (χ1) is 8.19. The lowest BCUT2D eigenvalue weighted by molar-refractivity contribution is -0.122. The van der Waals surface area contributed by atoms with E-state index in [9.17, 15) is 4.79 Å². The first kappa shape index (κ1) is 13.7. The van der Waals surface area contributed by atoms with Gasteiger partial charge >= 0.3 is 0 Å². The van der Waals surface area contributed by atoms with Crippen molar-refractivity contribution in [1.29, 1.82) is 0 Å². The second-order valence-corrected chi connectivity index (χ2v) is 4.04. The molecular formula is C12H22N4O. The number of aromatic nitrogens is 2. The van der Waals surface area contributed by atoms with E-state index in [-0.39, 0.29) is 11.9 Å². The maximum atomic E-state index is 11.5. The van der Waals surface area contributed by atoms with Crippen molar-refractivity contribution in [1.82, 2.24) is 20.4 Å². The average molecular weight is 238 g/mol. The predicted octanol–water partition coefficient (Wildman–Crippen LogP) is 0.907. The standard InChI is InChI=1S/C12H22N4O/c1-4-8-16-11(6-7-15-16)9-14-10(3)12(17)13-5-2/h6-7,10,14H,4-5,8-9H2,1-3H3,(H,13,17). The number of rotatable bonds is 7. The summed E-state index contributed by atoms with van der Waals surface area (Å²) in [6.45, 7) is 8.15.